The summed E-state index contributed by atoms with van der Waals surface area (Å²) in [4.78, 5) is 13.2. The Bertz CT molecular complexity index is 835. The van der Waals surface area contributed by atoms with Gasteiger partial charge in [0.2, 0.25) is 0 Å². The molecule has 0 radical (unpaired) electrons. The molecule has 0 bridgehead atoms. The van der Waals surface area contributed by atoms with Crippen LogP contribution in [0.5, 0.6) is 5.75 Å². The number of aromatic nitrogens is 3. The molecule has 9 nitrogen and oxygen atoms in total. The van der Waals surface area contributed by atoms with E-state index in [2.05, 4.69) is 25.0 Å². The van der Waals surface area contributed by atoms with Crippen molar-refractivity contribution in [2.75, 3.05) is 26.7 Å². The number of fused-ring (bicyclic) bond motifs is 1. The smallest absolute Gasteiger partial charge is 0.311 e. The first-order valence-corrected chi connectivity index (χ1v) is 9.32. The number of likely N-dealkylation sites (tertiary alicyclic amines) is 1. The Morgan fingerprint density at radius 1 is 1.29 bits per heavy atom. The SMILES string of the molecule is COc1ccc(CN2CCC(c3nnc4n3CCNC4)CC2)cc1[N+](=O)[O-].Cl. The van der Waals surface area contributed by atoms with E-state index in [1.807, 2.05) is 6.07 Å². The zero-order valence-corrected chi connectivity index (χ0v) is 16.7. The lowest BCUT2D eigenvalue weighted by Crippen LogP contribution is -2.34. The minimum absolute atomic E-state index is 0. The number of ether oxygens (including phenoxy) is 1. The second-order valence-corrected chi connectivity index (χ2v) is 7.12. The van der Waals surface area contributed by atoms with Gasteiger partial charge in [-0.25, -0.2) is 0 Å². The zero-order valence-electron chi connectivity index (χ0n) is 15.8. The Labute approximate surface area is 169 Å². The van der Waals surface area contributed by atoms with Crippen LogP contribution in [0.2, 0.25) is 0 Å². The van der Waals surface area contributed by atoms with Crippen LogP contribution in [0.1, 0.15) is 36.0 Å². The number of methoxy groups -OCH3 is 1. The van der Waals surface area contributed by atoms with Crippen molar-refractivity contribution in [3.05, 3.63) is 45.5 Å². The molecule has 0 unspecified atom stereocenters. The lowest BCUT2D eigenvalue weighted by molar-refractivity contribution is -0.385. The van der Waals surface area contributed by atoms with Crippen molar-refractivity contribution in [2.24, 2.45) is 0 Å². The number of nitrogens with zero attached hydrogens (tertiary/aromatic N) is 5. The third kappa shape index (κ3) is 4.11. The second-order valence-electron chi connectivity index (χ2n) is 7.12. The highest BCUT2D eigenvalue weighted by Crippen LogP contribution is 2.31. The maximum Gasteiger partial charge on any atom is 0.311 e. The lowest BCUT2D eigenvalue weighted by atomic mass is 9.95. The summed E-state index contributed by atoms with van der Waals surface area (Å²) in [6.07, 6.45) is 2.06. The Balaban J connectivity index is 0.00000225. The van der Waals surface area contributed by atoms with Gasteiger partial charge in [0.05, 0.1) is 18.6 Å². The molecule has 1 N–H and O–H groups in total. The molecule has 1 aromatic carbocycles. The summed E-state index contributed by atoms with van der Waals surface area (Å²) in [5.41, 5.74) is 0.959. The largest absolute Gasteiger partial charge is 0.490 e. The van der Waals surface area contributed by atoms with E-state index in [4.69, 9.17) is 4.74 Å². The molecule has 28 heavy (non-hydrogen) atoms. The minimum atomic E-state index is -0.391. The fraction of sp³-hybridized carbons (Fsp3) is 0.556. The predicted molar refractivity (Wildman–Crippen MR) is 106 cm³/mol. The van der Waals surface area contributed by atoms with E-state index in [9.17, 15) is 10.1 Å². The van der Waals surface area contributed by atoms with Gasteiger partial charge in [-0.3, -0.25) is 15.0 Å². The van der Waals surface area contributed by atoms with Gasteiger partial charge in [0, 0.05) is 31.6 Å². The number of nitrogens with one attached hydrogen (secondary N) is 1. The molecule has 2 aromatic rings. The first-order valence-electron chi connectivity index (χ1n) is 9.32. The summed E-state index contributed by atoms with van der Waals surface area (Å²) in [5.74, 6) is 2.88. The van der Waals surface area contributed by atoms with E-state index in [0.717, 1.165) is 62.8 Å². The van der Waals surface area contributed by atoms with Crippen LogP contribution in [0.4, 0.5) is 5.69 Å². The van der Waals surface area contributed by atoms with Crippen LogP contribution in [-0.2, 0) is 19.6 Å². The summed E-state index contributed by atoms with van der Waals surface area (Å²) in [6.45, 7) is 5.30. The number of piperidine rings is 1. The molecule has 0 saturated carbocycles. The molecule has 0 aliphatic carbocycles. The Morgan fingerprint density at radius 2 is 2.07 bits per heavy atom. The standard InChI is InChI=1S/C18H24N6O3.ClH/c1-27-16-3-2-13(10-15(16)24(25)26)12-22-7-4-14(5-8-22)18-21-20-17-11-19-6-9-23(17)18;/h2-3,10,14,19H,4-9,11-12H2,1H3;1H. The van der Waals surface area contributed by atoms with Crippen molar-refractivity contribution in [1.29, 1.82) is 0 Å². The Morgan fingerprint density at radius 3 is 2.79 bits per heavy atom. The molecule has 3 heterocycles. The molecular formula is C18H25ClN6O3. The molecule has 0 amide bonds. The molecular weight excluding hydrogens is 384 g/mol. The fourth-order valence-electron chi connectivity index (χ4n) is 4.00. The maximum absolute atomic E-state index is 11.2. The van der Waals surface area contributed by atoms with E-state index in [1.54, 1.807) is 12.1 Å². The average molecular weight is 409 g/mol. The van der Waals surface area contributed by atoms with Gasteiger partial charge < -0.3 is 14.6 Å². The van der Waals surface area contributed by atoms with Crippen molar-refractivity contribution in [3.63, 3.8) is 0 Å². The van der Waals surface area contributed by atoms with Crippen molar-refractivity contribution >= 4 is 18.1 Å². The highest BCUT2D eigenvalue weighted by molar-refractivity contribution is 5.85. The van der Waals surface area contributed by atoms with Gasteiger partial charge in [0.25, 0.3) is 0 Å². The number of hydrogen-bond acceptors (Lipinski definition) is 7. The lowest BCUT2D eigenvalue weighted by Gasteiger charge is -2.32. The normalized spacial score (nSPS) is 17.6. The third-order valence-electron chi connectivity index (χ3n) is 5.45. The number of rotatable bonds is 5. The number of benzene rings is 1. The van der Waals surface area contributed by atoms with Crippen LogP contribution in [0.25, 0.3) is 0 Å². The molecule has 0 atom stereocenters. The molecule has 2 aliphatic rings. The first-order chi connectivity index (χ1) is 13.2. The molecule has 2 aliphatic heterocycles. The van der Waals surface area contributed by atoms with Crippen LogP contribution >= 0.6 is 12.4 Å². The first kappa shape index (κ1) is 20.5. The Kier molecular flexibility index (Phi) is 6.48. The van der Waals surface area contributed by atoms with Crippen LogP contribution in [0.15, 0.2) is 18.2 Å². The highest BCUT2D eigenvalue weighted by atomic mass is 35.5. The third-order valence-corrected chi connectivity index (χ3v) is 5.45. The van der Waals surface area contributed by atoms with Gasteiger partial charge >= 0.3 is 5.69 Å². The summed E-state index contributed by atoms with van der Waals surface area (Å²) in [7, 11) is 1.45. The summed E-state index contributed by atoms with van der Waals surface area (Å²) in [5, 5.41) is 23.3. The van der Waals surface area contributed by atoms with Gasteiger partial charge in [0.15, 0.2) is 5.75 Å². The summed E-state index contributed by atoms with van der Waals surface area (Å²) < 4.78 is 7.35. The quantitative estimate of drug-likeness (QED) is 0.597. The number of nitro groups is 1. The van der Waals surface area contributed by atoms with Crippen molar-refractivity contribution in [2.45, 2.75) is 38.4 Å². The predicted octanol–water partition coefficient (Wildman–Crippen LogP) is 2.10. The van der Waals surface area contributed by atoms with Crippen molar-refractivity contribution in [3.8, 4) is 5.75 Å². The molecule has 0 spiro atoms. The molecule has 1 fully saturated rings. The summed E-state index contributed by atoms with van der Waals surface area (Å²) in [6, 6.07) is 5.20. The van der Waals surface area contributed by atoms with Crippen molar-refractivity contribution in [1.82, 2.24) is 25.0 Å². The zero-order chi connectivity index (χ0) is 18.8. The topological polar surface area (TPSA) is 98.3 Å². The van der Waals surface area contributed by atoms with Gasteiger partial charge in [-0.2, -0.15) is 0 Å². The fourth-order valence-corrected chi connectivity index (χ4v) is 4.00. The second kappa shape index (κ2) is 8.85. The van der Waals surface area contributed by atoms with E-state index in [0.29, 0.717) is 18.2 Å². The van der Waals surface area contributed by atoms with E-state index < -0.39 is 4.92 Å². The monoisotopic (exact) mass is 408 g/mol. The van der Waals surface area contributed by atoms with E-state index >= 15 is 0 Å². The van der Waals surface area contributed by atoms with E-state index in [-0.39, 0.29) is 18.1 Å². The maximum atomic E-state index is 11.2. The molecule has 1 saturated heterocycles. The molecule has 10 heteroatoms. The number of halogens is 1. The van der Waals surface area contributed by atoms with Gasteiger partial charge in [-0.15, -0.1) is 22.6 Å². The Hall–Kier alpha value is -2.23. The number of hydrogen-bond donors (Lipinski definition) is 1. The van der Waals surface area contributed by atoms with Gasteiger partial charge in [0.1, 0.15) is 11.6 Å². The molecule has 152 valence electrons. The minimum Gasteiger partial charge on any atom is -0.490 e. The molecule has 4 rings (SSSR count). The van der Waals surface area contributed by atoms with Crippen molar-refractivity contribution < 1.29 is 9.66 Å². The van der Waals surface area contributed by atoms with Crippen LogP contribution in [-0.4, -0.2) is 51.3 Å². The van der Waals surface area contributed by atoms with E-state index in [1.165, 1.54) is 7.11 Å². The van der Waals surface area contributed by atoms with Crippen LogP contribution in [0.3, 0.4) is 0 Å². The number of nitro benzene ring substituents is 1. The van der Waals surface area contributed by atoms with Gasteiger partial charge in [-0.1, -0.05) is 6.07 Å². The van der Waals surface area contributed by atoms with Crippen LogP contribution < -0.4 is 10.1 Å². The van der Waals surface area contributed by atoms with Gasteiger partial charge in [-0.05, 0) is 37.6 Å². The average Bonchev–Trinajstić information content (AvgIpc) is 3.12. The molecule has 1 aromatic heterocycles. The summed E-state index contributed by atoms with van der Waals surface area (Å²) >= 11 is 0. The van der Waals surface area contributed by atoms with Crippen LogP contribution in [0, 0.1) is 10.1 Å². The highest BCUT2D eigenvalue weighted by Gasteiger charge is 2.27.